The number of amides is 1. The fraction of sp³-hybridized carbons (Fsp3) is 0.875. The van der Waals surface area contributed by atoms with Gasteiger partial charge in [0.05, 0.1) is 6.10 Å². The Hall–Kier alpha value is -0.610. The fourth-order valence-corrected chi connectivity index (χ4v) is 0.929. The summed E-state index contributed by atoms with van der Waals surface area (Å²) < 4.78 is 0. The smallest absolute Gasteiger partial charge is 0.223 e. The second-order valence-electron chi connectivity index (χ2n) is 3.30. The summed E-state index contributed by atoms with van der Waals surface area (Å²) in [5, 5.41) is 8.98. The van der Waals surface area contributed by atoms with E-state index < -0.39 is 6.10 Å². The largest absolute Gasteiger partial charge is 0.392 e. The average molecular weight is 174 g/mol. The highest BCUT2D eigenvalue weighted by Gasteiger charge is 2.11. The number of likely N-dealkylation sites (N-methyl/N-ethyl adjacent to an activating group) is 1. The van der Waals surface area contributed by atoms with Crippen LogP contribution >= 0.6 is 0 Å². The summed E-state index contributed by atoms with van der Waals surface area (Å²) in [5.74, 6) is -0.0223. The zero-order chi connectivity index (χ0) is 9.72. The monoisotopic (exact) mass is 174 g/mol. The summed E-state index contributed by atoms with van der Waals surface area (Å²) in [6, 6.07) is -0.117. The molecule has 0 rings (SSSR count). The molecule has 0 aliphatic carbocycles. The Kier molecular flexibility index (Phi) is 4.85. The zero-order valence-electron chi connectivity index (χ0n) is 7.95. The Bertz CT molecular complexity index is 146. The Morgan fingerprint density at radius 1 is 1.58 bits per heavy atom. The van der Waals surface area contributed by atoms with Gasteiger partial charge in [-0.2, -0.15) is 0 Å². The minimum absolute atomic E-state index is 0.0223. The van der Waals surface area contributed by atoms with E-state index >= 15 is 0 Å². The summed E-state index contributed by atoms with van der Waals surface area (Å²) >= 11 is 0. The maximum atomic E-state index is 11.2. The quantitative estimate of drug-likeness (QED) is 0.607. The summed E-state index contributed by atoms with van der Waals surface area (Å²) in [6.07, 6.45) is -0.143. The van der Waals surface area contributed by atoms with Gasteiger partial charge in [-0.25, -0.2) is 0 Å². The molecule has 0 saturated carbocycles. The predicted octanol–water partition coefficient (Wildman–Crippen LogP) is -0.437. The van der Waals surface area contributed by atoms with Gasteiger partial charge in [0.2, 0.25) is 5.91 Å². The minimum Gasteiger partial charge on any atom is -0.392 e. The number of nitrogens with zero attached hydrogens (tertiary/aromatic N) is 1. The second-order valence-corrected chi connectivity index (χ2v) is 3.30. The van der Waals surface area contributed by atoms with Gasteiger partial charge in [-0.1, -0.05) is 0 Å². The minimum atomic E-state index is -0.480. The molecule has 0 aromatic heterocycles. The average Bonchev–Trinajstić information content (AvgIpc) is 1.84. The first kappa shape index (κ1) is 11.4. The zero-order valence-corrected chi connectivity index (χ0v) is 7.95. The summed E-state index contributed by atoms with van der Waals surface area (Å²) in [5.41, 5.74) is 5.45. The van der Waals surface area contributed by atoms with Gasteiger partial charge in [-0.05, 0) is 13.8 Å². The first-order chi connectivity index (χ1) is 5.43. The molecule has 1 amide bonds. The van der Waals surface area contributed by atoms with Gasteiger partial charge in [-0.15, -0.1) is 0 Å². The van der Waals surface area contributed by atoms with Gasteiger partial charge in [0.15, 0.2) is 0 Å². The fourth-order valence-electron chi connectivity index (χ4n) is 0.929. The van der Waals surface area contributed by atoms with Gasteiger partial charge < -0.3 is 15.7 Å². The molecule has 0 heterocycles. The highest BCUT2D eigenvalue weighted by molar-refractivity contribution is 5.76. The molecular formula is C8H18N2O2. The maximum Gasteiger partial charge on any atom is 0.223 e. The lowest BCUT2D eigenvalue weighted by molar-refractivity contribution is -0.131. The van der Waals surface area contributed by atoms with Crippen molar-refractivity contribution >= 4 is 5.91 Å². The number of aliphatic hydroxyl groups excluding tert-OH is 1. The number of carbonyl (C=O) groups is 1. The van der Waals surface area contributed by atoms with Gasteiger partial charge in [-0.3, -0.25) is 4.79 Å². The molecule has 4 nitrogen and oxygen atoms in total. The van der Waals surface area contributed by atoms with E-state index in [4.69, 9.17) is 10.8 Å². The molecule has 2 atom stereocenters. The predicted molar refractivity (Wildman–Crippen MR) is 47.6 cm³/mol. The molecule has 0 aliphatic heterocycles. The van der Waals surface area contributed by atoms with E-state index in [1.807, 2.05) is 0 Å². The molecule has 0 bridgehead atoms. The van der Waals surface area contributed by atoms with E-state index in [2.05, 4.69) is 0 Å². The molecule has 0 fully saturated rings. The molecule has 4 heteroatoms. The summed E-state index contributed by atoms with van der Waals surface area (Å²) in [6.45, 7) is 3.80. The van der Waals surface area contributed by atoms with E-state index in [1.54, 1.807) is 20.9 Å². The third-order valence-electron chi connectivity index (χ3n) is 1.46. The standard InChI is InChI=1S/C8H18N2O2/c1-6(9)4-8(12)10(3)5-7(2)11/h6-7,11H,4-5,9H2,1-3H3. The first-order valence-corrected chi connectivity index (χ1v) is 4.11. The van der Waals surface area contributed by atoms with Crippen LogP contribution in [0.2, 0.25) is 0 Å². The van der Waals surface area contributed by atoms with E-state index in [9.17, 15) is 4.79 Å². The second kappa shape index (κ2) is 5.11. The van der Waals surface area contributed by atoms with E-state index in [0.717, 1.165) is 0 Å². The molecule has 0 radical (unpaired) electrons. The lowest BCUT2D eigenvalue weighted by atomic mass is 10.2. The Morgan fingerprint density at radius 3 is 2.42 bits per heavy atom. The Morgan fingerprint density at radius 2 is 2.08 bits per heavy atom. The third kappa shape index (κ3) is 5.09. The highest BCUT2D eigenvalue weighted by Crippen LogP contribution is 1.95. The van der Waals surface area contributed by atoms with Crippen molar-refractivity contribution in [3.63, 3.8) is 0 Å². The highest BCUT2D eigenvalue weighted by atomic mass is 16.3. The topological polar surface area (TPSA) is 66.6 Å². The van der Waals surface area contributed by atoms with E-state index in [1.165, 1.54) is 4.90 Å². The van der Waals surface area contributed by atoms with Crippen molar-refractivity contribution < 1.29 is 9.90 Å². The van der Waals surface area contributed by atoms with Crippen LogP contribution in [0.1, 0.15) is 20.3 Å². The molecule has 3 N–H and O–H groups in total. The normalized spacial score (nSPS) is 15.4. The molecule has 0 aromatic carbocycles. The lowest BCUT2D eigenvalue weighted by Gasteiger charge is -2.19. The van der Waals surface area contributed by atoms with Crippen molar-refractivity contribution in [2.75, 3.05) is 13.6 Å². The SMILES string of the molecule is CC(N)CC(=O)N(C)CC(C)O. The first-order valence-electron chi connectivity index (χ1n) is 4.11. The Balaban J connectivity index is 3.77. The van der Waals surface area contributed by atoms with Crippen LogP contribution in [0.3, 0.4) is 0 Å². The van der Waals surface area contributed by atoms with Crippen LogP contribution in [-0.4, -0.2) is 41.7 Å². The van der Waals surface area contributed by atoms with Crippen molar-refractivity contribution in [2.24, 2.45) is 5.73 Å². The number of nitrogens with two attached hydrogens (primary N) is 1. The number of aliphatic hydroxyl groups is 1. The molecule has 0 aliphatic rings. The summed E-state index contributed by atoms with van der Waals surface area (Å²) in [4.78, 5) is 12.7. The van der Waals surface area contributed by atoms with E-state index in [0.29, 0.717) is 13.0 Å². The van der Waals surface area contributed by atoms with Crippen LogP contribution < -0.4 is 5.73 Å². The van der Waals surface area contributed by atoms with Crippen LogP contribution in [-0.2, 0) is 4.79 Å². The number of hydrogen-bond acceptors (Lipinski definition) is 3. The lowest BCUT2D eigenvalue weighted by Crippen LogP contribution is -2.36. The molecule has 0 aromatic rings. The van der Waals surface area contributed by atoms with Gasteiger partial charge >= 0.3 is 0 Å². The number of hydrogen-bond donors (Lipinski definition) is 2. The van der Waals surface area contributed by atoms with Crippen LogP contribution in [0, 0.1) is 0 Å². The molecule has 0 spiro atoms. The van der Waals surface area contributed by atoms with Crippen molar-refractivity contribution in [1.29, 1.82) is 0 Å². The number of carbonyl (C=O) groups excluding carboxylic acids is 1. The summed E-state index contributed by atoms with van der Waals surface area (Å²) in [7, 11) is 1.66. The maximum absolute atomic E-state index is 11.2. The molecule has 2 unspecified atom stereocenters. The van der Waals surface area contributed by atoms with Gasteiger partial charge in [0.1, 0.15) is 0 Å². The molecule has 0 saturated heterocycles. The van der Waals surface area contributed by atoms with Gasteiger partial charge in [0.25, 0.3) is 0 Å². The third-order valence-corrected chi connectivity index (χ3v) is 1.46. The Labute approximate surface area is 73.3 Å². The van der Waals surface area contributed by atoms with Crippen LogP contribution in [0.15, 0.2) is 0 Å². The van der Waals surface area contributed by atoms with E-state index in [-0.39, 0.29) is 11.9 Å². The molecule has 72 valence electrons. The molecule has 12 heavy (non-hydrogen) atoms. The van der Waals surface area contributed by atoms with Crippen molar-refractivity contribution in [3.05, 3.63) is 0 Å². The van der Waals surface area contributed by atoms with Crippen LogP contribution in [0.4, 0.5) is 0 Å². The van der Waals surface area contributed by atoms with Crippen molar-refractivity contribution in [1.82, 2.24) is 4.90 Å². The van der Waals surface area contributed by atoms with Crippen LogP contribution in [0.25, 0.3) is 0 Å². The van der Waals surface area contributed by atoms with Crippen LogP contribution in [0.5, 0.6) is 0 Å². The molecular weight excluding hydrogens is 156 g/mol. The van der Waals surface area contributed by atoms with Gasteiger partial charge in [0, 0.05) is 26.1 Å². The van der Waals surface area contributed by atoms with Crippen molar-refractivity contribution in [3.8, 4) is 0 Å². The van der Waals surface area contributed by atoms with Crippen molar-refractivity contribution in [2.45, 2.75) is 32.4 Å². The number of rotatable bonds is 4.